The summed E-state index contributed by atoms with van der Waals surface area (Å²) in [5.41, 5.74) is 3.29. The molecule has 0 unspecified atom stereocenters. The number of rotatable bonds is 1. The zero-order chi connectivity index (χ0) is 10.1. The van der Waals surface area contributed by atoms with Crippen LogP contribution in [0.25, 0.3) is 11.0 Å². The third kappa shape index (κ3) is 1.59. The molecule has 2 heterocycles. The Kier molecular flexibility index (Phi) is 2.10. The van der Waals surface area contributed by atoms with E-state index in [1.54, 1.807) is 12.4 Å². The summed E-state index contributed by atoms with van der Waals surface area (Å²) in [6, 6.07) is 6.86. The summed E-state index contributed by atoms with van der Waals surface area (Å²) in [4.78, 5) is 8.59. The van der Waals surface area contributed by atoms with E-state index in [0.29, 0.717) is 6.04 Å². The molecular weight excluding hydrogens is 186 g/mol. The monoisotopic (exact) mass is 199 g/mol. The highest BCUT2D eigenvalue weighted by Crippen LogP contribution is 2.24. The van der Waals surface area contributed by atoms with Crippen LogP contribution in [0.5, 0.6) is 0 Å². The van der Waals surface area contributed by atoms with E-state index in [1.165, 1.54) is 18.4 Å². The lowest BCUT2D eigenvalue weighted by molar-refractivity contribution is 0.648. The van der Waals surface area contributed by atoms with Crippen LogP contribution in [0.1, 0.15) is 24.4 Å². The van der Waals surface area contributed by atoms with Crippen LogP contribution in [0.15, 0.2) is 30.6 Å². The number of fused-ring (bicyclic) bond motifs is 1. The molecule has 1 fully saturated rings. The third-order valence-electron chi connectivity index (χ3n) is 2.96. The first-order valence-electron chi connectivity index (χ1n) is 5.37. The van der Waals surface area contributed by atoms with Gasteiger partial charge in [-0.25, -0.2) is 0 Å². The van der Waals surface area contributed by atoms with Gasteiger partial charge in [0.25, 0.3) is 0 Å². The molecule has 2 aromatic rings. The van der Waals surface area contributed by atoms with Gasteiger partial charge in [-0.1, -0.05) is 6.07 Å². The van der Waals surface area contributed by atoms with E-state index in [1.807, 2.05) is 0 Å². The molecular formula is C12H13N3. The smallest absolute Gasteiger partial charge is 0.0890 e. The van der Waals surface area contributed by atoms with Crippen LogP contribution in [0.4, 0.5) is 0 Å². The molecule has 1 aromatic heterocycles. The second kappa shape index (κ2) is 3.59. The van der Waals surface area contributed by atoms with E-state index in [9.17, 15) is 0 Å². The van der Waals surface area contributed by atoms with Crippen LogP contribution in [0, 0.1) is 0 Å². The molecule has 0 saturated carbocycles. The molecule has 1 saturated heterocycles. The van der Waals surface area contributed by atoms with Crippen molar-refractivity contribution < 1.29 is 0 Å². The lowest BCUT2D eigenvalue weighted by Gasteiger charge is -2.10. The van der Waals surface area contributed by atoms with E-state index >= 15 is 0 Å². The normalized spacial score (nSPS) is 20.9. The molecule has 1 aliphatic rings. The summed E-state index contributed by atoms with van der Waals surface area (Å²) >= 11 is 0. The lowest BCUT2D eigenvalue weighted by atomic mass is 10.0. The number of hydrogen-bond acceptors (Lipinski definition) is 3. The molecule has 1 aliphatic heterocycles. The van der Waals surface area contributed by atoms with Gasteiger partial charge in [-0.05, 0) is 37.1 Å². The largest absolute Gasteiger partial charge is 0.310 e. The highest BCUT2D eigenvalue weighted by Gasteiger charge is 2.16. The molecule has 0 radical (unpaired) electrons. The van der Waals surface area contributed by atoms with Crippen LogP contribution in [-0.2, 0) is 0 Å². The van der Waals surface area contributed by atoms with E-state index < -0.39 is 0 Å². The fraction of sp³-hybridized carbons (Fsp3) is 0.333. The van der Waals surface area contributed by atoms with Crippen LogP contribution < -0.4 is 5.32 Å². The van der Waals surface area contributed by atoms with Gasteiger partial charge >= 0.3 is 0 Å². The summed E-state index contributed by atoms with van der Waals surface area (Å²) in [6.45, 7) is 1.13. The van der Waals surface area contributed by atoms with Crippen molar-refractivity contribution in [3.8, 4) is 0 Å². The fourth-order valence-electron chi connectivity index (χ4n) is 2.17. The summed E-state index contributed by atoms with van der Waals surface area (Å²) < 4.78 is 0. The Hall–Kier alpha value is -1.48. The minimum atomic E-state index is 0.511. The molecule has 0 amide bonds. The zero-order valence-corrected chi connectivity index (χ0v) is 8.48. The molecule has 1 atom stereocenters. The van der Waals surface area contributed by atoms with Crippen LogP contribution >= 0.6 is 0 Å². The summed E-state index contributed by atoms with van der Waals surface area (Å²) in [5, 5.41) is 3.49. The molecule has 3 nitrogen and oxygen atoms in total. The SMILES string of the molecule is c1cnc2cc([C@@H]3CCCN3)ccc2n1. The summed E-state index contributed by atoms with van der Waals surface area (Å²) in [5.74, 6) is 0. The molecule has 15 heavy (non-hydrogen) atoms. The number of nitrogens with zero attached hydrogens (tertiary/aromatic N) is 2. The Morgan fingerprint density at radius 3 is 2.80 bits per heavy atom. The maximum absolute atomic E-state index is 4.32. The predicted molar refractivity (Wildman–Crippen MR) is 59.5 cm³/mol. The highest BCUT2D eigenvalue weighted by molar-refractivity contribution is 5.74. The standard InChI is InChI=1S/C12H13N3/c1-2-10(13-5-1)9-3-4-11-12(8-9)15-7-6-14-11/h3-4,6-8,10,13H,1-2,5H2/t10-/m0/s1. The first-order chi connectivity index (χ1) is 7.43. The molecule has 1 aromatic carbocycles. The molecule has 3 rings (SSSR count). The van der Waals surface area contributed by atoms with Crippen molar-refractivity contribution in [1.82, 2.24) is 15.3 Å². The second-order valence-electron chi connectivity index (χ2n) is 3.95. The van der Waals surface area contributed by atoms with Crippen molar-refractivity contribution in [2.45, 2.75) is 18.9 Å². The molecule has 0 bridgehead atoms. The minimum Gasteiger partial charge on any atom is -0.310 e. The van der Waals surface area contributed by atoms with E-state index in [4.69, 9.17) is 0 Å². The molecule has 1 N–H and O–H groups in total. The molecule has 0 aliphatic carbocycles. The van der Waals surface area contributed by atoms with Crippen LogP contribution in [0.3, 0.4) is 0 Å². The van der Waals surface area contributed by atoms with Gasteiger partial charge in [0.2, 0.25) is 0 Å². The molecule has 3 heteroatoms. The van der Waals surface area contributed by atoms with Crippen LogP contribution in [0.2, 0.25) is 0 Å². The Morgan fingerprint density at radius 1 is 1.13 bits per heavy atom. The topological polar surface area (TPSA) is 37.8 Å². The van der Waals surface area contributed by atoms with Crippen molar-refractivity contribution >= 4 is 11.0 Å². The summed E-state index contributed by atoms with van der Waals surface area (Å²) in [6.07, 6.45) is 5.97. The Labute approximate surface area is 88.6 Å². The van der Waals surface area contributed by atoms with Gasteiger partial charge in [0, 0.05) is 18.4 Å². The number of benzene rings is 1. The van der Waals surface area contributed by atoms with Gasteiger partial charge in [0.1, 0.15) is 0 Å². The minimum absolute atomic E-state index is 0.511. The molecule has 76 valence electrons. The number of aromatic nitrogens is 2. The van der Waals surface area contributed by atoms with Crippen molar-refractivity contribution in [3.05, 3.63) is 36.2 Å². The van der Waals surface area contributed by atoms with E-state index in [0.717, 1.165) is 17.6 Å². The fourth-order valence-corrected chi connectivity index (χ4v) is 2.17. The lowest BCUT2D eigenvalue weighted by Crippen LogP contribution is -2.12. The van der Waals surface area contributed by atoms with Gasteiger partial charge in [-0.2, -0.15) is 0 Å². The Morgan fingerprint density at radius 2 is 2.00 bits per heavy atom. The third-order valence-corrected chi connectivity index (χ3v) is 2.96. The maximum atomic E-state index is 4.32. The van der Waals surface area contributed by atoms with E-state index in [-0.39, 0.29) is 0 Å². The van der Waals surface area contributed by atoms with Crippen LogP contribution in [-0.4, -0.2) is 16.5 Å². The van der Waals surface area contributed by atoms with Crippen molar-refractivity contribution in [3.63, 3.8) is 0 Å². The number of nitrogens with one attached hydrogen (secondary N) is 1. The first kappa shape index (κ1) is 8.80. The van der Waals surface area contributed by atoms with Crippen molar-refractivity contribution in [2.75, 3.05) is 6.54 Å². The van der Waals surface area contributed by atoms with Crippen molar-refractivity contribution in [1.29, 1.82) is 0 Å². The van der Waals surface area contributed by atoms with Gasteiger partial charge in [0.05, 0.1) is 11.0 Å². The zero-order valence-electron chi connectivity index (χ0n) is 8.48. The van der Waals surface area contributed by atoms with Gasteiger partial charge in [0.15, 0.2) is 0 Å². The second-order valence-corrected chi connectivity index (χ2v) is 3.95. The maximum Gasteiger partial charge on any atom is 0.0890 e. The Bertz CT molecular complexity index is 475. The van der Waals surface area contributed by atoms with Crippen molar-refractivity contribution in [2.24, 2.45) is 0 Å². The van der Waals surface area contributed by atoms with Gasteiger partial charge in [-0.3, -0.25) is 9.97 Å². The molecule has 0 spiro atoms. The number of hydrogen-bond donors (Lipinski definition) is 1. The highest BCUT2D eigenvalue weighted by atomic mass is 14.9. The van der Waals surface area contributed by atoms with Gasteiger partial charge < -0.3 is 5.32 Å². The summed E-state index contributed by atoms with van der Waals surface area (Å²) in [7, 11) is 0. The quantitative estimate of drug-likeness (QED) is 0.763. The average Bonchev–Trinajstić information content (AvgIpc) is 2.82. The average molecular weight is 199 g/mol. The first-order valence-corrected chi connectivity index (χ1v) is 5.37. The predicted octanol–water partition coefficient (Wildman–Crippen LogP) is 2.05. The van der Waals surface area contributed by atoms with E-state index in [2.05, 4.69) is 33.5 Å². The van der Waals surface area contributed by atoms with Gasteiger partial charge in [-0.15, -0.1) is 0 Å². The Balaban J connectivity index is 2.05.